The molecular weight excluding hydrogens is 280 g/mol. The van der Waals surface area contributed by atoms with Gasteiger partial charge >= 0.3 is 0 Å². The van der Waals surface area contributed by atoms with Crippen molar-refractivity contribution < 1.29 is 14.3 Å². The number of rotatable bonds is 4. The molecular formula is C17H20N2O3. The maximum Gasteiger partial charge on any atom is 0.277 e. The molecule has 116 valence electrons. The zero-order valence-electron chi connectivity index (χ0n) is 13.0. The van der Waals surface area contributed by atoms with Gasteiger partial charge in [0.15, 0.2) is 0 Å². The molecule has 2 aliphatic rings. The van der Waals surface area contributed by atoms with E-state index in [4.69, 9.17) is 4.74 Å². The van der Waals surface area contributed by atoms with Crippen LogP contribution in [0, 0.1) is 0 Å². The lowest BCUT2D eigenvalue weighted by atomic mass is 10.0. The average Bonchev–Trinajstić information content (AvgIpc) is 3.14. The molecule has 0 unspecified atom stereocenters. The molecule has 1 aromatic rings. The van der Waals surface area contributed by atoms with Gasteiger partial charge in [0, 0.05) is 19.6 Å². The van der Waals surface area contributed by atoms with Crippen LogP contribution in [-0.2, 0) is 9.59 Å². The van der Waals surface area contributed by atoms with Gasteiger partial charge in [0.25, 0.3) is 11.8 Å². The molecule has 0 radical (unpaired) electrons. The molecule has 0 bridgehead atoms. The number of hydrogen-bond acceptors (Lipinski definition) is 4. The van der Waals surface area contributed by atoms with Crippen LogP contribution in [0.4, 0.5) is 0 Å². The van der Waals surface area contributed by atoms with Crippen molar-refractivity contribution >= 4 is 17.4 Å². The summed E-state index contributed by atoms with van der Waals surface area (Å²) >= 11 is 0. The van der Waals surface area contributed by atoms with Gasteiger partial charge in [-0.15, -0.1) is 0 Å². The first-order valence-electron chi connectivity index (χ1n) is 7.67. The van der Waals surface area contributed by atoms with Crippen molar-refractivity contribution in [2.45, 2.75) is 19.8 Å². The molecule has 0 spiro atoms. The number of hydrogen-bond donors (Lipinski definition) is 0. The van der Waals surface area contributed by atoms with E-state index in [1.807, 2.05) is 31.2 Å². The maximum absolute atomic E-state index is 12.7. The molecule has 0 saturated carbocycles. The van der Waals surface area contributed by atoms with Gasteiger partial charge < -0.3 is 9.64 Å². The van der Waals surface area contributed by atoms with E-state index < -0.39 is 0 Å². The van der Waals surface area contributed by atoms with E-state index in [1.54, 1.807) is 7.11 Å². The third-order valence-electron chi connectivity index (χ3n) is 4.26. The monoisotopic (exact) mass is 300 g/mol. The Bertz CT molecular complexity index is 628. The van der Waals surface area contributed by atoms with Crippen molar-refractivity contribution in [1.29, 1.82) is 0 Å². The second kappa shape index (κ2) is 5.83. The minimum atomic E-state index is -0.195. The molecule has 1 aromatic carbocycles. The number of methoxy groups -OCH3 is 1. The molecule has 0 N–H and O–H groups in total. The van der Waals surface area contributed by atoms with Crippen LogP contribution in [0.1, 0.15) is 25.3 Å². The van der Waals surface area contributed by atoms with E-state index in [0.717, 1.165) is 37.2 Å². The van der Waals surface area contributed by atoms with Crippen molar-refractivity contribution in [3.05, 3.63) is 35.5 Å². The van der Waals surface area contributed by atoms with Crippen LogP contribution in [0.3, 0.4) is 0 Å². The van der Waals surface area contributed by atoms with Crippen LogP contribution in [0.25, 0.3) is 5.57 Å². The van der Waals surface area contributed by atoms with Gasteiger partial charge in [-0.1, -0.05) is 12.1 Å². The third-order valence-corrected chi connectivity index (χ3v) is 4.26. The number of benzene rings is 1. The second-order valence-electron chi connectivity index (χ2n) is 5.50. The Kier molecular flexibility index (Phi) is 3.88. The molecule has 3 rings (SSSR count). The summed E-state index contributed by atoms with van der Waals surface area (Å²) in [5, 5.41) is 0. The van der Waals surface area contributed by atoms with E-state index in [-0.39, 0.29) is 11.8 Å². The van der Waals surface area contributed by atoms with Crippen molar-refractivity contribution in [1.82, 2.24) is 9.80 Å². The number of amides is 2. The van der Waals surface area contributed by atoms with Crippen LogP contribution in [0.5, 0.6) is 5.75 Å². The van der Waals surface area contributed by atoms with Crippen molar-refractivity contribution in [2.75, 3.05) is 26.7 Å². The normalized spacial score (nSPS) is 18.6. The number of carbonyl (C=O) groups is 2. The molecule has 2 heterocycles. The van der Waals surface area contributed by atoms with Crippen LogP contribution in [-0.4, -0.2) is 48.4 Å². The van der Waals surface area contributed by atoms with Crippen LogP contribution in [0.2, 0.25) is 0 Å². The highest BCUT2D eigenvalue weighted by Crippen LogP contribution is 2.33. The van der Waals surface area contributed by atoms with Gasteiger partial charge in [0.2, 0.25) is 0 Å². The summed E-state index contributed by atoms with van der Waals surface area (Å²) < 4.78 is 5.16. The molecule has 2 aliphatic heterocycles. The predicted molar refractivity (Wildman–Crippen MR) is 83.1 cm³/mol. The van der Waals surface area contributed by atoms with E-state index in [2.05, 4.69) is 4.90 Å². The minimum absolute atomic E-state index is 0.166. The topological polar surface area (TPSA) is 49.9 Å². The van der Waals surface area contributed by atoms with E-state index >= 15 is 0 Å². The van der Waals surface area contributed by atoms with E-state index in [1.165, 1.54) is 4.90 Å². The Morgan fingerprint density at radius 2 is 1.68 bits per heavy atom. The highest BCUT2D eigenvalue weighted by molar-refractivity contribution is 6.35. The largest absolute Gasteiger partial charge is 0.497 e. The first-order valence-corrected chi connectivity index (χ1v) is 7.67. The van der Waals surface area contributed by atoms with E-state index in [9.17, 15) is 9.59 Å². The molecule has 22 heavy (non-hydrogen) atoms. The lowest BCUT2D eigenvalue weighted by molar-refractivity contribution is -0.137. The van der Waals surface area contributed by atoms with Crippen LogP contribution >= 0.6 is 0 Å². The zero-order chi connectivity index (χ0) is 15.7. The summed E-state index contributed by atoms with van der Waals surface area (Å²) in [4.78, 5) is 28.7. The standard InChI is InChI=1S/C17H20N2O3/c1-3-19-16(20)14(12-6-8-13(22-2)9-7-12)15(17(19)21)18-10-4-5-11-18/h6-9H,3-5,10-11H2,1-2H3. The summed E-state index contributed by atoms with van der Waals surface area (Å²) in [6, 6.07) is 7.32. The van der Waals surface area contributed by atoms with Gasteiger partial charge in [-0.2, -0.15) is 0 Å². The van der Waals surface area contributed by atoms with Crippen LogP contribution in [0.15, 0.2) is 30.0 Å². The van der Waals surface area contributed by atoms with Crippen molar-refractivity contribution in [3.8, 4) is 5.75 Å². The molecule has 0 atom stereocenters. The van der Waals surface area contributed by atoms with Gasteiger partial charge in [-0.3, -0.25) is 14.5 Å². The number of likely N-dealkylation sites (N-methyl/N-ethyl adjacent to an activating group) is 1. The second-order valence-corrected chi connectivity index (χ2v) is 5.50. The number of nitrogens with zero attached hydrogens (tertiary/aromatic N) is 2. The average molecular weight is 300 g/mol. The van der Waals surface area contributed by atoms with Crippen molar-refractivity contribution in [2.24, 2.45) is 0 Å². The number of likely N-dealkylation sites (tertiary alicyclic amines) is 1. The highest BCUT2D eigenvalue weighted by Gasteiger charge is 2.41. The first kappa shape index (κ1) is 14.6. The number of carbonyl (C=O) groups excluding carboxylic acids is 2. The summed E-state index contributed by atoms with van der Waals surface area (Å²) in [6.45, 7) is 3.90. The summed E-state index contributed by atoms with van der Waals surface area (Å²) in [5.41, 5.74) is 1.86. The fourth-order valence-electron chi connectivity index (χ4n) is 3.10. The zero-order valence-corrected chi connectivity index (χ0v) is 13.0. The van der Waals surface area contributed by atoms with Gasteiger partial charge in [0.05, 0.1) is 12.7 Å². The Hall–Kier alpha value is -2.30. The molecule has 2 amide bonds. The fraction of sp³-hybridized carbons (Fsp3) is 0.412. The number of ether oxygens (including phenoxy) is 1. The predicted octanol–water partition coefficient (Wildman–Crippen LogP) is 1.89. The Morgan fingerprint density at radius 1 is 1.05 bits per heavy atom. The van der Waals surface area contributed by atoms with Gasteiger partial charge in [0.1, 0.15) is 11.4 Å². The maximum atomic E-state index is 12.7. The smallest absolute Gasteiger partial charge is 0.277 e. The highest BCUT2D eigenvalue weighted by atomic mass is 16.5. The molecule has 5 heteroatoms. The lowest BCUT2D eigenvalue weighted by Crippen LogP contribution is -2.34. The third kappa shape index (κ3) is 2.26. The van der Waals surface area contributed by atoms with Gasteiger partial charge in [-0.05, 0) is 37.5 Å². The van der Waals surface area contributed by atoms with E-state index in [0.29, 0.717) is 17.8 Å². The lowest BCUT2D eigenvalue weighted by Gasteiger charge is -2.19. The van der Waals surface area contributed by atoms with Gasteiger partial charge in [-0.25, -0.2) is 0 Å². The quantitative estimate of drug-likeness (QED) is 0.797. The minimum Gasteiger partial charge on any atom is -0.497 e. The van der Waals surface area contributed by atoms with Crippen molar-refractivity contribution in [3.63, 3.8) is 0 Å². The summed E-state index contributed by atoms with van der Waals surface area (Å²) in [7, 11) is 1.60. The molecule has 1 saturated heterocycles. The molecule has 1 fully saturated rings. The SMILES string of the molecule is CCN1C(=O)C(c2ccc(OC)cc2)=C(N2CCCC2)C1=O. The Balaban J connectivity index is 2.08. The number of imide groups is 1. The summed E-state index contributed by atoms with van der Waals surface area (Å²) in [5.74, 6) is 0.371. The molecule has 5 nitrogen and oxygen atoms in total. The fourth-order valence-corrected chi connectivity index (χ4v) is 3.10. The summed E-state index contributed by atoms with van der Waals surface area (Å²) in [6.07, 6.45) is 2.12. The molecule has 0 aliphatic carbocycles. The van der Waals surface area contributed by atoms with Crippen LogP contribution < -0.4 is 4.74 Å². The first-order chi connectivity index (χ1) is 10.7. The molecule has 0 aromatic heterocycles. The Morgan fingerprint density at radius 3 is 2.23 bits per heavy atom. The Labute approximate surface area is 130 Å².